The van der Waals surface area contributed by atoms with Gasteiger partial charge in [-0.25, -0.2) is 9.59 Å². The summed E-state index contributed by atoms with van der Waals surface area (Å²) in [4.78, 5) is 22.9. The molecule has 0 atom stereocenters. The van der Waals surface area contributed by atoms with Crippen LogP contribution in [0.2, 0.25) is 0 Å². The van der Waals surface area contributed by atoms with Gasteiger partial charge in [-0.3, -0.25) is 0 Å². The first-order chi connectivity index (χ1) is 13.6. The van der Waals surface area contributed by atoms with Gasteiger partial charge in [0.25, 0.3) is 0 Å². The van der Waals surface area contributed by atoms with Gasteiger partial charge >= 0.3 is 11.9 Å². The molecule has 1 fully saturated rings. The number of esters is 1. The molecule has 28 heavy (non-hydrogen) atoms. The maximum absolute atomic E-state index is 12.3. The molecule has 4 heteroatoms. The molecular formula is C24H34O4. The van der Waals surface area contributed by atoms with Crippen LogP contribution in [-0.2, 0) is 9.53 Å². The molecule has 4 nitrogen and oxygen atoms in total. The van der Waals surface area contributed by atoms with Crippen molar-refractivity contribution in [1.82, 2.24) is 0 Å². The predicted octanol–water partition coefficient (Wildman–Crippen LogP) is 6.25. The monoisotopic (exact) mass is 386 g/mol. The zero-order valence-corrected chi connectivity index (χ0v) is 17.1. The van der Waals surface area contributed by atoms with Crippen LogP contribution in [0.5, 0.6) is 0 Å². The van der Waals surface area contributed by atoms with E-state index in [1.807, 2.05) is 0 Å². The summed E-state index contributed by atoms with van der Waals surface area (Å²) in [5.41, 5.74) is 1.26. The zero-order chi connectivity index (χ0) is 20.2. The van der Waals surface area contributed by atoms with Gasteiger partial charge in [0.2, 0.25) is 0 Å². The topological polar surface area (TPSA) is 63.6 Å². The molecule has 0 unspecified atom stereocenters. The van der Waals surface area contributed by atoms with Crippen LogP contribution in [0, 0.1) is 5.92 Å². The lowest BCUT2D eigenvalue weighted by atomic mass is 9.84. The largest absolute Gasteiger partial charge is 0.478 e. The molecule has 154 valence electrons. The molecule has 1 aliphatic carbocycles. The fraction of sp³-hybridized carbons (Fsp3) is 0.583. The van der Waals surface area contributed by atoms with Crippen LogP contribution in [0.15, 0.2) is 30.3 Å². The molecule has 1 N–H and O–H groups in total. The minimum Gasteiger partial charge on any atom is -0.478 e. The number of benzene rings is 1. The standard InChI is InChI=1S/C24H34O4/c1-2-3-4-5-6-7-8-19-11-16-22(17-12-19)28-24(27)21-14-9-20(10-15-21)13-18-23(25)26/h9-10,13-15,18-19,22H,2-8,11-12,16-17H2,1H3,(H,25,26)/b18-13+. The highest BCUT2D eigenvalue weighted by Gasteiger charge is 2.24. The summed E-state index contributed by atoms with van der Waals surface area (Å²) in [5, 5.41) is 8.65. The van der Waals surface area contributed by atoms with Crippen molar-refractivity contribution in [3.05, 3.63) is 41.5 Å². The summed E-state index contributed by atoms with van der Waals surface area (Å²) < 4.78 is 5.68. The van der Waals surface area contributed by atoms with Crippen molar-refractivity contribution >= 4 is 18.0 Å². The SMILES string of the molecule is CCCCCCCCC1CCC(OC(=O)c2ccc(/C=C/C(=O)O)cc2)CC1. The number of unbranched alkanes of at least 4 members (excludes halogenated alkanes) is 5. The number of carboxylic acid groups (broad SMARTS) is 1. The molecule has 1 aromatic rings. The second-order valence-corrected chi connectivity index (χ2v) is 7.90. The van der Waals surface area contributed by atoms with Gasteiger partial charge in [0.05, 0.1) is 5.56 Å². The molecule has 2 rings (SSSR count). The lowest BCUT2D eigenvalue weighted by molar-refractivity contribution is -0.131. The Hall–Kier alpha value is -2.10. The minimum atomic E-state index is -0.990. The molecule has 1 aliphatic rings. The van der Waals surface area contributed by atoms with Crippen LogP contribution in [0.3, 0.4) is 0 Å². The molecular weight excluding hydrogens is 352 g/mol. The van der Waals surface area contributed by atoms with Crippen LogP contribution in [0.4, 0.5) is 0 Å². The predicted molar refractivity (Wildman–Crippen MR) is 112 cm³/mol. The molecule has 0 aromatic heterocycles. The molecule has 0 saturated heterocycles. The second kappa shape index (κ2) is 12.4. The lowest BCUT2D eigenvalue weighted by Crippen LogP contribution is -2.24. The molecule has 1 saturated carbocycles. The maximum Gasteiger partial charge on any atom is 0.338 e. The first-order valence-electron chi connectivity index (χ1n) is 10.8. The zero-order valence-electron chi connectivity index (χ0n) is 17.1. The van der Waals surface area contributed by atoms with Crippen LogP contribution in [0.25, 0.3) is 6.08 Å². The average Bonchev–Trinajstić information content (AvgIpc) is 2.70. The second-order valence-electron chi connectivity index (χ2n) is 7.90. The van der Waals surface area contributed by atoms with Crippen molar-refractivity contribution in [2.45, 2.75) is 83.7 Å². The number of carbonyl (C=O) groups excluding carboxylic acids is 1. The van der Waals surface area contributed by atoms with Gasteiger partial charge in [-0.1, -0.05) is 64.0 Å². The van der Waals surface area contributed by atoms with Gasteiger partial charge in [-0.15, -0.1) is 0 Å². The maximum atomic E-state index is 12.3. The van der Waals surface area contributed by atoms with Crippen molar-refractivity contribution in [2.75, 3.05) is 0 Å². The normalized spacial score (nSPS) is 19.6. The van der Waals surface area contributed by atoms with Crippen molar-refractivity contribution < 1.29 is 19.4 Å². The van der Waals surface area contributed by atoms with Gasteiger partial charge in [0.1, 0.15) is 6.10 Å². The quantitative estimate of drug-likeness (QED) is 0.277. The van der Waals surface area contributed by atoms with E-state index in [0.29, 0.717) is 5.56 Å². The Morgan fingerprint density at radius 1 is 1.00 bits per heavy atom. The average molecular weight is 387 g/mol. The van der Waals surface area contributed by atoms with Crippen molar-refractivity contribution in [1.29, 1.82) is 0 Å². The van der Waals surface area contributed by atoms with Gasteiger partial charge in [-0.05, 0) is 55.4 Å². The highest BCUT2D eigenvalue weighted by Crippen LogP contribution is 2.30. The Balaban J connectivity index is 1.66. The molecule has 0 spiro atoms. The van der Waals surface area contributed by atoms with Crippen LogP contribution < -0.4 is 0 Å². The summed E-state index contributed by atoms with van der Waals surface area (Å²) in [6, 6.07) is 6.84. The highest BCUT2D eigenvalue weighted by molar-refractivity contribution is 5.90. The van der Waals surface area contributed by atoms with E-state index < -0.39 is 5.97 Å². The number of aliphatic carboxylic acids is 1. The van der Waals surface area contributed by atoms with E-state index in [1.165, 1.54) is 51.0 Å². The van der Waals surface area contributed by atoms with E-state index in [0.717, 1.165) is 43.2 Å². The Morgan fingerprint density at radius 3 is 2.29 bits per heavy atom. The first-order valence-corrected chi connectivity index (χ1v) is 10.8. The Labute approximate surface area is 169 Å². The lowest BCUT2D eigenvalue weighted by Gasteiger charge is -2.28. The Kier molecular flexibility index (Phi) is 9.81. The third kappa shape index (κ3) is 8.28. The number of carbonyl (C=O) groups is 2. The minimum absolute atomic E-state index is 0.0277. The number of ether oxygens (including phenoxy) is 1. The fourth-order valence-corrected chi connectivity index (χ4v) is 3.87. The highest BCUT2D eigenvalue weighted by atomic mass is 16.5. The smallest absolute Gasteiger partial charge is 0.338 e. The third-order valence-electron chi connectivity index (χ3n) is 5.60. The number of carboxylic acids is 1. The summed E-state index contributed by atoms with van der Waals surface area (Å²) in [7, 11) is 0. The molecule has 0 amide bonds. The first kappa shape index (κ1) is 22.2. The van der Waals surface area contributed by atoms with Crippen LogP contribution in [-0.4, -0.2) is 23.1 Å². The van der Waals surface area contributed by atoms with E-state index in [1.54, 1.807) is 24.3 Å². The van der Waals surface area contributed by atoms with Gasteiger partial charge in [0.15, 0.2) is 0 Å². The van der Waals surface area contributed by atoms with Gasteiger partial charge < -0.3 is 9.84 Å². The molecule has 1 aromatic carbocycles. The molecule has 0 heterocycles. The van der Waals surface area contributed by atoms with Gasteiger partial charge in [-0.2, -0.15) is 0 Å². The van der Waals surface area contributed by atoms with Crippen molar-refractivity contribution in [2.24, 2.45) is 5.92 Å². The van der Waals surface area contributed by atoms with E-state index in [9.17, 15) is 9.59 Å². The van der Waals surface area contributed by atoms with Crippen LogP contribution >= 0.6 is 0 Å². The summed E-state index contributed by atoms with van der Waals surface area (Å²) >= 11 is 0. The van der Waals surface area contributed by atoms with Gasteiger partial charge in [0, 0.05) is 6.08 Å². The summed E-state index contributed by atoms with van der Waals surface area (Å²) in [6.45, 7) is 2.25. The Morgan fingerprint density at radius 2 is 1.64 bits per heavy atom. The molecule has 0 aliphatic heterocycles. The third-order valence-corrected chi connectivity index (χ3v) is 5.60. The molecule has 0 bridgehead atoms. The van der Waals surface area contributed by atoms with E-state index in [4.69, 9.17) is 9.84 Å². The Bertz CT molecular complexity index is 625. The molecule has 0 radical (unpaired) electrons. The van der Waals surface area contributed by atoms with E-state index in [-0.39, 0.29) is 12.1 Å². The number of hydrogen-bond donors (Lipinski definition) is 1. The van der Waals surface area contributed by atoms with Crippen molar-refractivity contribution in [3.63, 3.8) is 0 Å². The number of rotatable bonds is 11. The van der Waals surface area contributed by atoms with Crippen molar-refractivity contribution in [3.8, 4) is 0 Å². The summed E-state index contributed by atoms with van der Waals surface area (Å²) in [6.07, 6.45) is 16.3. The summed E-state index contributed by atoms with van der Waals surface area (Å²) in [5.74, 6) is -0.481. The van der Waals surface area contributed by atoms with Crippen LogP contribution in [0.1, 0.15) is 93.5 Å². The van der Waals surface area contributed by atoms with E-state index in [2.05, 4.69) is 6.92 Å². The number of hydrogen-bond acceptors (Lipinski definition) is 3. The van der Waals surface area contributed by atoms with E-state index >= 15 is 0 Å². The fourth-order valence-electron chi connectivity index (χ4n) is 3.87.